The van der Waals surface area contributed by atoms with E-state index in [2.05, 4.69) is 15.4 Å². The minimum absolute atomic E-state index is 0.0342. The van der Waals surface area contributed by atoms with Gasteiger partial charge in [-0.15, -0.1) is 0 Å². The second-order valence-corrected chi connectivity index (χ2v) is 4.60. The summed E-state index contributed by atoms with van der Waals surface area (Å²) in [4.78, 5) is 21.7. The molecule has 0 aromatic rings. The molecule has 7 heteroatoms. The molecule has 1 heterocycles. The van der Waals surface area contributed by atoms with Gasteiger partial charge in [-0.25, -0.2) is 4.79 Å². The Kier molecular flexibility index (Phi) is 6.02. The molecule has 4 N–H and O–H groups in total. The third-order valence-electron chi connectivity index (χ3n) is 2.10. The van der Waals surface area contributed by atoms with E-state index in [0.717, 1.165) is 18.1 Å². The highest BCUT2D eigenvalue weighted by atomic mass is 32.2. The van der Waals surface area contributed by atoms with Crippen LogP contribution in [0.25, 0.3) is 0 Å². The largest absolute Gasteiger partial charge is 0.448 e. The van der Waals surface area contributed by atoms with E-state index in [1.54, 1.807) is 0 Å². The number of nitrogens with one attached hydrogen (secondary N) is 2. The molecule has 1 atom stereocenters. The van der Waals surface area contributed by atoms with E-state index >= 15 is 0 Å². The molecule has 16 heavy (non-hydrogen) atoms. The third-order valence-corrected chi connectivity index (χ3v) is 3.23. The van der Waals surface area contributed by atoms with E-state index < -0.39 is 6.09 Å². The van der Waals surface area contributed by atoms with Crippen molar-refractivity contribution in [3.8, 4) is 0 Å². The summed E-state index contributed by atoms with van der Waals surface area (Å²) in [5.74, 6) is 2.03. The van der Waals surface area contributed by atoms with Crippen LogP contribution in [0.5, 0.6) is 0 Å². The lowest BCUT2D eigenvalue weighted by Crippen LogP contribution is -2.41. The molecule has 0 radical (unpaired) electrons. The average molecular weight is 247 g/mol. The molecule has 0 bridgehead atoms. The molecule has 1 aliphatic heterocycles. The van der Waals surface area contributed by atoms with Crippen molar-refractivity contribution in [2.24, 2.45) is 5.73 Å². The molecule has 1 unspecified atom stereocenters. The lowest BCUT2D eigenvalue weighted by atomic mass is 10.2. The van der Waals surface area contributed by atoms with Crippen molar-refractivity contribution in [3.63, 3.8) is 0 Å². The average Bonchev–Trinajstić information content (AvgIpc) is 2.25. The number of rotatable bonds is 5. The quantitative estimate of drug-likeness (QED) is 0.558. The summed E-state index contributed by atoms with van der Waals surface area (Å²) in [6, 6.07) is 0.246. The van der Waals surface area contributed by atoms with Crippen LogP contribution in [-0.2, 0) is 9.53 Å². The molecule has 1 aliphatic rings. The molecule has 0 aromatic carbocycles. The van der Waals surface area contributed by atoms with Gasteiger partial charge in [0.25, 0.3) is 0 Å². The molecular formula is C9H17N3O3S. The number of hydrogen-bond acceptors (Lipinski definition) is 5. The van der Waals surface area contributed by atoms with Crippen molar-refractivity contribution in [2.75, 3.05) is 31.2 Å². The van der Waals surface area contributed by atoms with Gasteiger partial charge >= 0.3 is 6.09 Å². The van der Waals surface area contributed by atoms with Crippen LogP contribution < -0.4 is 16.4 Å². The first-order valence-electron chi connectivity index (χ1n) is 5.18. The number of thioether (sulfide) groups is 1. The summed E-state index contributed by atoms with van der Waals surface area (Å²) in [7, 11) is 0. The van der Waals surface area contributed by atoms with Crippen LogP contribution >= 0.6 is 11.8 Å². The highest BCUT2D eigenvalue weighted by molar-refractivity contribution is 7.99. The van der Waals surface area contributed by atoms with Gasteiger partial charge in [0.1, 0.15) is 6.61 Å². The van der Waals surface area contributed by atoms with E-state index in [9.17, 15) is 9.59 Å². The third kappa shape index (κ3) is 5.82. The van der Waals surface area contributed by atoms with Gasteiger partial charge in [-0.1, -0.05) is 0 Å². The number of primary amides is 1. The molecule has 0 aromatic heterocycles. The van der Waals surface area contributed by atoms with Gasteiger partial charge in [-0.2, -0.15) is 11.8 Å². The summed E-state index contributed by atoms with van der Waals surface area (Å²) in [5, 5.41) is 5.94. The van der Waals surface area contributed by atoms with E-state index in [1.165, 1.54) is 0 Å². The number of amides is 2. The minimum atomic E-state index is -0.820. The standard InChI is InChI=1S/C9H17N3O3S/c10-9(14)15-3-1-12-8(13)5-7-6-16-4-2-11-7/h7,11H,1-6H2,(H2,10,14)(H,12,13). The summed E-state index contributed by atoms with van der Waals surface area (Å²) >= 11 is 1.85. The summed E-state index contributed by atoms with van der Waals surface area (Å²) in [6.45, 7) is 1.38. The maximum atomic E-state index is 11.4. The summed E-state index contributed by atoms with van der Waals surface area (Å²) in [6.07, 6.45) is -0.358. The van der Waals surface area contributed by atoms with Gasteiger partial charge in [-0.05, 0) is 0 Å². The van der Waals surface area contributed by atoms with Gasteiger partial charge in [0.2, 0.25) is 5.91 Å². The maximum Gasteiger partial charge on any atom is 0.404 e. The van der Waals surface area contributed by atoms with Crippen molar-refractivity contribution < 1.29 is 14.3 Å². The Labute approximate surface area is 98.7 Å². The second-order valence-electron chi connectivity index (χ2n) is 3.45. The second kappa shape index (κ2) is 7.34. The van der Waals surface area contributed by atoms with E-state index in [-0.39, 0.29) is 18.6 Å². The molecule has 0 spiro atoms. The predicted octanol–water partition coefficient (Wildman–Crippen LogP) is -0.707. The minimum Gasteiger partial charge on any atom is -0.448 e. The molecule has 1 saturated heterocycles. The first-order chi connectivity index (χ1) is 7.68. The zero-order chi connectivity index (χ0) is 11.8. The Morgan fingerprint density at radius 2 is 2.38 bits per heavy atom. The van der Waals surface area contributed by atoms with Crippen LogP contribution in [0.3, 0.4) is 0 Å². The number of hydrogen-bond donors (Lipinski definition) is 3. The SMILES string of the molecule is NC(=O)OCCNC(=O)CC1CSCCN1. The van der Waals surface area contributed by atoms with Crippen LogP contribution in [0.4, 0.5) is 4.79 Å². The zero-order valence-electron chi connectivity index (χ0n) is 9.03. The Bertz CT molecular complexity index is 244. The molecule has 6 nitrogen and oxygen atoms in total. The fourth-order valence-electron chi connectivity index (χ4n) is 1.39. The first-order valence-corrected chi connectivity index (χ1v) is 6.34. The van der Waals surface area contributed by atoms with Crippen molar-refractivity contribution in [2.45, 2.75) is 12.5 Å². The van der Waals surface area contributed by atoms with Gasteiger partial charge in [0.15, 0.2) is 0 Å². The van der Waals surface area contributed by atoms with Crippen LogP contribution in [0, 0.1) is 0 Å². The van der Waals surface area contributed by atoms with Crippen LogP contribution in [0.2, 0.25) is 0 Å². The van der Waals surface area contributed by atoms with Crippen molar-refractivity contribution in [1.82, 2.24) is 10.6 Å². The first kappa shape index (κ1) is 13.1. The van der Waals surface area contributed by atoms with Gasteiger partial charge in [-0.3, -0.25) is 4.79 Å². The maximum absolute atomic E-state index is 11.4. The number of carbonyl (C=O) groups is 2. The van der Waals surface area contributed by atoms with E-state index in [0.29, 0.717) is 13.0 Å². The normalized spacial score (nSPS) is 20.1. The van der Waals surface area contributed by atoms with E-state index in [4.69, 9.17) is 5.73 Å². The van der Waals surface area contributed by atoms with Crippen molar-refractivity contribution in [1.29, 1.82) is 0 Å². The van der Waals surface area contributed by atoms with Crippen LogP contribution in [-0.4, -0.2) is 49.2 Å². The van der Waals surface area contributed by atoms with E-state index in [1.807, 2.05) is 11.8 Å². The van der Waals surface area contributed by atoms with Crippen molar-refractivity contribution >= 4 is 23.8 Å². The topological polar surface area (TPSA) is 93.5 Å². The Hall–Kier alpha value is -0.950. The smallest absolute Gasteiger partial charge is 0.404 e. The molecule has 1 rings (SSSR count). The lowest BCUT2D eigenvalue weighted by molar-refractivity contribution is -0.121. The zero-order valence-corrected chi connectivity index (χ0v) is 9.85. The molecular weight excluding hydrogens is 230 g/mol. The highest BCUT2D eigenvalue weighted by Gasteiger charge is 2.16. The lowest BCUT2D eigenvalue weighted by Gasteiger charge is -2.22. The molecule has 0 aliphatic carbocycles. The Balaban J connectivity index is 2.03. The number of ether oxygens (including phenoxy) is 1. The fourth-order valence-corrected chi connectivity index (χ4v) is 2.34. The highest BCUT2D eigenvalue weighted by Crippen LogP contribution is 2.09. The fraction of sp³-hybridized carbons (Fsp3) is 0.778. The monoisotopic (exact) mass is 247 g/mol. The molecule has 2 amide bonds. The van der Waals surface area contributed by atoms with Gasteiger partial charge in [0.05, 0.1) is 6.54 Å². The Morgan fingerprint density at radius 3 is 3.00 bits per heavy atom. The summed E-state index contributed by atoms with van der Waals surface area (Å²) < 4.78 is 4.49. The molecule has 92 valence electrons. The van der Waals surface area contributed by atoms with Crippen LogP contribution in [0.15, 0.2) is 0 Å². The molecule has 0 saturated carbocycles. The number of nitrogens with two attached hydrogens (primary N) is 1. The molecule has 1 fully saturated rings. The van der Waals surface area contributed by atoms with Gasteiger partial charge < -0.3 is 21.1 Å². The predicted molar refractivity (Wildman–Crippen MR) is 62.3 cm³/mol. The summed E-state index contributed by atoms with van der Waals surface area (Å²) in [5.41, 5.74) is 4.77. The number of carbonyl (C=O) groups excluding carboxylic acids is 2. The van der Waals surface area contributed by atoms with Crippen LogP contribution in [0.1, 0.15) is 6.42 Å². The van der Waals surface area contributed by atoms with Gasteiger partial charge in [0, 0.05) is 30.5 Å². The Morgan fingerprint density at radius 1 is 1.56 bits per heavy atom. The van der Waals surface area contributed by atoms with Crippen molar-refractivity contribution in [3.05, 3.63) is 0 Å².